The second-order valence-electron chi connectivity index (χ2n) is 5.40. The largest absolute Gasteiger partial charge is 0.790 e. The maximum atomic E-state index is 11.8. The van der Waals surface area contributed by atoms with E-state index in [2.05, 4.69) is 13.1 Å². The number of nitrogens with zero attached hydrogens (tertiary/aromatic N) is 1. The summed E-state index contributed by atoms with van der Waals surface area (Å²) >= 11 is 1.65. The van der Waals surface area contributed by atoms with Crippen LogP contribution in [0.15, 0.2) is 15.8 Å². The highest BCUT2D eigenvalue weighted by Gasteiger charge is 2.38. The quantitative estimate of drug-likeness (QED) is 0.205. The third-order valence-electron chi connectivity index (χ3n) is 3.24. The Balaban J connectivity index is 2.03. The van der Waals surface area contributed by atoms with Crippen molar-refractivity contribution in [2.24, 2.45) is 0 Å². The molecule has 5 atom stereocenters. The third kappa shape index (κ3) is 7.43. The first kappa shape index (κ1) is 25.0. The molecule has 1 fully saturated rings. The van der Waals surface area contributed by atoms with Crippen LogP contribution in [-0.4, -0.2) is 38.4 Å². The van der Waals surface area contributed by atoms with Crippen LogP contribution in [0.2, 0.25) is 0 Å². The fraction of sp³-hybridized carbons (Fsp3) is 0.556. The fourth-order valence-corrected chi connectivity index (χ4v) is 5.50. The van der Waals surface area contributed by atoms with Gasteiger partial charge in [0, 0.05) is 12.6 Å². The summed E-state index contributed by atoms with van der Waals surface area (Å²) in [5.74, 6) is 0. The molecule has 0 spiro atoms. The van der Waals surface area contributed by atoms with Crippen LogP contribution in [0.4, 0.5) is 0 Å². The van der Waals surface area contributed by atoms with E-state index in [9.17, 15) is 48.0 Å². The lowest BCUT2D eigenvalue weighted by Crippen LogP contribution is -2.33. The molecule has 29 heavy (non-hydrogen) atoms. The van der Waals surface area contributed by atoms with E-state index in [0.717, 1.165) is 10.8 Å². The van der Waals surface area contributed by atoms with Crippen molar-refractivity contribution in [2.75, 3.05) is 6.61 Å². The summed E-state index contributed by atoms with van der Waals surface area (Å²) < 4.78 is 50.2. The molecule has 0 bridgehead atoms. The van der Waals surface area contributed by atoms with Gasteiger partial charge < -0.3 is 34.0 Å². The molecular formula is C9H11IN2O14P3-3. The van der Waals surface area contributed by atoms with Crippen LogP contribution < -0.4 is 25.9 Å². The topological polar surface area (TPSA) is 253 Å². The predicted molar refractivity (Wildman–Crippen MR) is 91.7 cm³/mol. The number of aliphatic hydroxyl groups is 1. The number of phosphoric acid groups is 3. The van der Waals surface area contributed by atoms with Crippen LogP contribution in [0, 0.1) is 3.57 Å². The number of phosphoric ester groups is 1. The van der Waals surface area contributed by atoms with Gasteiger partial charge in [0.1, 0.15) is 12.3 Å². The number of ether oxygens (including phenoxy) is 1. The van der Waals surface area contributed by atoms with Crippen molar-refractivity contribution in [1.29, 1.82) is 0 Å². The highest BCUT2D eigenvalue weighted by Crippen LogP contribution is 2.62. The molecule has 0 amide bonds. The van der Waals surface area contributed by atoms with E-state index in [4.69, 9.17) is 4.74 Å². The molecule has 2 rings (SSSR count). The molecule has 166 valence electrons. The van der Waals surface area contributed by atoms with Crippen molar-refractivity contribution in [1.82, 2.24) is 9.55 Å². The third-order valence-corrected chi connectivity index (χ3v) is 7.71. The Bertz CT molecular complexity index is 1020. The van der Waals surface area contributed by atoms with Gasteiger partial charge in [-0.3, -0.25) is 27.7 Å². The van der Waals surface area contributed by atoms with Gasteiger partial charge in [0.2, 0.25) is 0 Å². The van der Waals surface area contributed by atoms with Crippen LogP contribution in [-0.2, 0) is 31.6 Å². The molecule has 5 unspecified atom stereocenters. The first-order valence-corrected chi connectivity index (χ1v) is 12.7. The smallest absolute Gasteiger partial charge is 0.478 e. The van der Waals surface area contributed by atoms with Gasteiger partial charge in [-0.05, 0) is 22.6 Å². The van der Waals surface area contributed by atoms with Crippen LogP contribution in [0.3, 0.4) is 0 Å². The summed E-state index contributed by atoms with van der Waals surface area (Å²) in [7, 11) is -17.6. The van der Waals surface area contributed by atoms with Crippen molar-refractivity contribution in [3.05, 3.63) is 30.6 Å². The Morgan fingerprint density at radius 2 is 1.90 bits per heavy atom. The number of aromatic nitrogens is 2. The van der Waals surface area contributed by atoms with E-state index >= 15 is 0 Å². The Labute approximate surface area is 174 Å². The monoisotopic (exact) mass is 591 g/mol. The molecule has 1 aliphatic heterocycles. The first-order valence-electron chi connectivity index (χ1n) is 7.16. The van der Waals surface area contributed by atoms with E-state index in [1.807, 2.05) is 4.98 Å². The molecule has 0 radical (unpaired) electrons. The number of hydrogen-bond acceptors (Lipinski definition) is 13. The summed E-state index contributed by atoms with van der Waals surface area (Å²) in [5.41, 5.74) is -1.50. The van der Waals surface area contributed by atoms with E-state index in [-0.39, 0.29) is 9.99 Å². The molecule has 0 aromatic carbocycles. The van der Waals surface area contributed by atoms with Gasteiger partial charge in [-0.1, -0.05) is 0 Å². The molecule has 1 aliphatic rings. The van der Waals surface area contributed by atoms with Crippen LogP contribution in [0.1, 0.15) is 12.6 Å². The lowest BCUT2D eigenvalue weighted by Gasteiger charge is -2.35. The average Bonchev–Trinajstić information content (AvgIpc) is 2.86. The van der Waals surface area contributed by atoms with Gasteiger partial charge in [0.15, 0.2) is 0 Å². The minimum Gasteiger partial charge on any atom is -0.790 e. The summed E-state index contributed by atoms with van der Waals surface area (Å²) in [6.45, 7) is -0.937. The van der Waals surface area contributed by atoms with Gasteiger partial charge in [-0.25, -0.2) is 13.7 Å². The van der Waals surface area contributed by atoms with Gasteiger partial charge in [0.25, 0.3) is 13.4 Å². The molecule has 1 aromatic rings. The summed E-state index contributed by atoms with van der Waals surface area (Å²) in [4.78, 5) is 66.2. The molecule has 3 N–H and O–H groups in total. The number of aromatic amines is 1. The molecule has 16 nitrogen and oxygen atoms in total. The summed E-state index contributed by atoms with van der Waals surface area (Å²) in [5, 5.41) is 9.95. The second-order valence-corrected chi connectivity index (χ2v) is 10.9. The fourth-order valence-electron chi connectivity index (χ4n) is 2.17. The summed E-state index contributed by atoms with van der Waals surface area (Å²) in [6, 6.07) is 0. The summed E-state index contributed by atoms with van der Waals surface area (Å²) in [6.07, 6.45) is -2.85. The lowest BCUT2D eigenvalue weighted by atomic mass is 10.2. The lowest BCUT2D eigenvalue weighted by molar-refractivity contribution is -0.339. The van der Waals surface area contributed by atoms with Crippen molar-refractivity contribution in [3.8, 4) is 0 Å². The van der Waals surface area contributed by atoms with Gasteiger partial charge in [-0.15, -0.1) is 0 Å². The highest BCUT2D eigenvalue weighted by molar-refractivity contribution is 14.1. The van der Waals surface area contributed by atoms with Crippen LogP contribution in [0.25, 0.3) is 0 Å². The van der Waals surface area contributed by atoms with Crippen molar-refractivity contribution < 1.29 is 56.3 Å². The predicted octanol–water partition coefficient (Wildman–Crippen LogP) is -2.76. The van der Waals surface area contributed by atoms with E-state index in [1.165, 1.54) is 0 Å². The van der Waals surface area contributed by atoms with Crippen LogP contribution >= 0.6 is 46.1 Å². The van der Waals surface area contributed by atoms with Gasteiger partial charge in [0.05, 0.1) is 24.1 Å². The zero-order valence-electron chi connectivity index (χ0n) is 13.7. The number of H-pyrrole nitrogens is 1. The Morgan fingerprint density at radius 3 is 2.48 bits per heavy atom. The molecule has 0 saturated carbocycles. The van der Waals surface area contributed by atoms with Gasteiger partial charge in [-0.2, -0.15) is 0 Å². The highest BCUT2D eigenvalue weighted by atomic mass is 127. The van der Waals surface area contributed by atoms with E-state index in [0.29, 0.717) is 0 Å². The second kappa shape index (κ2) is 9.08. The number of nitrogens with one attached hydrogen (secondary N) is 1. The number of halogens is 1. The Morgan fingerprint density at radius 1 is 1.28 bits per heavy atom. The Hall–Kier alpha value is -0.260. The maximum absolute atomic E-state index is 11.8. The van der Waals surface area contributed by atoms with E-state index in [1.54, 1.807) is 22.6 Å². The molecule has 0 aliphatic carbocycles. The Kier molecular flexibility index (Phi) is 7.83. The number of aliphatic hydroxyl groups excluding tert-OH is 1. The minimum atomic E-state index is -6.09. The van der Waals surface area contributed by atoms with Gasteiger partial charge >= 0.3 is 13.5 Å². The molecular weight excluding hydrogens is 580 g/mol. The zero-order chi connectivity index (χ0) is 22.2. The standard InChI is InChI=1S/C9H14IN2O14P3/c10-4-2-12(9(15)11-8(4)14)7-1-5(13)6(24-7)3-23-28(19,20)26-29(21,22)25-27(16,17)18/h2,5-7,13H,1,3H2,(H,19,20)(H,21,22)(H,11,14,15)(H2,16,17,18)/p-3. The minimum absolute atomic E-state index is 0.133. The number of hydrogen-bond donors (Lipinski definition) is 3. The number of rotatable bonds is 8. The molecule has 20 heteroatoms. The van der Waals surface area contributed by atoms with E-state index < -0.39 is 59.8 Å². The average molecular weight is 591 g/mol. The zero-order valence-corrected chi connectivity index (χ0v) is 18.5. The van der Waals surface area contributed by atoms with Crippen molar-refractivity contribution in [3.63, 3.8) is 0 Å². The van der Waals surface area contributed by atoms with Crippen LogP contribution in [0.5, 0.6) is 0 Å². The molecule has 1 aromatic heterocycles. The van der Waals surface area contributed by atoms with Crippen molar-refractivity contribution in [2.45, 2.75) is 24.9 Å². The van der Waals surface area contributed by atoms with Crippen molar-refractivity contribution >= 4 is 46.1 Å². The molecule has 1 saturated heterocycles. The first-order chi connectivity index (χ1) is 13.1. The maximum Gasteiger partial charge on any atom is 0.478 e. The SMILES string of the molecule is O=c1[nH]c(=O)n(C2CC(O)C(COP(=O)(O)OP(=O)([O-])OP(=O)([O-])[O-])O2)cc1I. The molecule has 2 heterocycles. The normalized spacial score (nSPS) is 26.8.